The van der Waals surface area contributed by atoms with Crippen LogP contribution in [0, 0.1) is 55.4 Å². The second-order valence-corrected chi connectivity index (χ2v) is 32.2. The predicted octanol–water partition coefficient (Wildman–Crippen LogP) is 33.3. The molecule has 0 heterocycles. The first-order chi connectivity index (χ1) is 59.7. The summed E-state index contributed by atoms with van der Waals surface area (Å²) in [6.45, 7) is 17.2. The second-order valence-electron chi connectivity index (χ2n) is 32.2. The Hall–Kier alpha value is -15.2. The van der Waals surface area contributed by atoms with Crippen molar-refractivity contribution in [2.75, 3.05) is 29.4 Å². The van der Waals surface area contributed by atoms with Gasteiger partial charge in [-0.1, -0.05) is 218 Å². The molecule has 18 aromatic rings. The number of rotatable bonds is 23. The molecule has 122 heavy (non-hydrogen) atoms. The summed E-state index contributed by atoms with van der Waals surface area (Å²) in [5.41, 5.74) is 41.0. The van der Waals surface area contributed by atoms with E-state index in [9.17, 15) is 0 Å². The third-order valence-electron chi connectivity index (χ3n) is 23.0. The summed E-state index contributed by atoms with van der Waals surface area (Å²) in [5, 5.41) is 0. The van der Waals surface area contributed by atoms with E-state index in [1.807, 2.05) is 0 Å². The summed E-state index contributed by atoms with van der Waals surface area (Å²) in [6.07, 6.45) is 0. The molecule has 6 nitrogen and oxygen atoms in total. The highest BCUT2D eigenvalue weighted by Crippen LogP contribution is 2.46. The monoisotopic (exact) mass is 1570 g/mol. The number of aryl methyl sites for hydroxylation is 8. The quantitative estimate of drug-likeness (QED) is 0.0631. The molecule has 6 heteroatoms. The van der Waals surface area contributed by atoms with Crippen LogP contribution in [0.5, 0.6) is 0 Å². The molecule has 0 saturated heterocycles. The van der Waals surface area contributed by atoms with Crippen molar-refractivity contribution < 1.29 is 0 Å². The van der Waals surface area contributed by atoms with Gasteiger partial charge in [0, 0.05) is 102 Å². The van der Waals surface area contributed by atoms with Crippen LogP contribution in [-0.2, 0) is 0 Å². The Kier molecular flexibility index (Phi) is 22.2. The average Bonchev–Trinajstić information content (AvgIpc) is 0.804. The molecule has 18 aromatic carbocycles. The summed E-state index contributed by atoms with van der Waals surface area (Å²) in [6, 6.07) is 160. The van der Waals surface area contributed by atoms with Crippen LogP contribution >= 0.6 is 0 Å². The number of benzene rings is 18. The van der Waals surface area contributed by atoms with E-state index in [4.69, 9.17) is 0 Å². The van der Waals surface area contributed by atoms with Crippen LogP contribution < -0.4 is 29.4 Å². The second kappa shape index (κ2) is 34.7. The third kappa shape index (κ3) is 17.1. The van der Waals surface area contributed by atoms with Crippen LogP contribution in [0.4, 0.5) is 102 Å². The van der Waals surface area contributed by atoms with E-state index in [-0.39, 0.29) is 0 Å². The SMILES string of the molecule is Cc1cccc(N(c2ccc(-c3ccc(N(c4ccc(-c5ccc(N(c6ccc(-c7ccc(N(c8cccc(C)c8)c8cccc(C)c8)cc7)cc6)c6cccc(C)c6)cc5)cc4)c4cccc(C)c4)cc3)cc2)c2ccc(-c3ccc(N(c4ccc(-c5ccc(N(c6cccc(C)c6)c6cccc(C)c6)cc5)cc4)c4cccc(C)c4)cc3)cc2)c1. The fraction of sp³-hybridized carbons (Fsp3) is 0.0690. The Balaban J connectivity index is 0.562. The summed E-state index contributed by atoms with van der Waals surface area (Å²) in [4.78, 5) is 14.1. The van der Waals surface area contributed by atoms with Gasteiger partial charge in [-0.3, -0.25) is 0 Å². The molecule has 0 spiro atoms. The molecule has 0 unspecified atom stereocenters. The van der Waals surface area contributed by atoms with Gasteiger partial charge in [0.05, 0.1) is 0 Å². The van der Waals surface area contributed by atoms with E-state index in [1.54, 1.807) is 0 Å². The van der Waals surface area contributed by atoms with Crippen LogP contribution in [0.25, 0.3) is 55.6 Å². The van der Waals surface area contributed by atoms with Crippen molar-refractivity contribution in [1.29, 1.82) is 0 Å². The normalized spacial score (nSPS) is 11.1. The first-order valence-corrected chi connectivity index (χ1v) is 42.1. The smallest absolute Gasteiger partial charge is 0.0464 e. The van der Waals surface area contributed by atoms with Crippen molar-refractivity contribution in [3.8, 4) is 55.6 Å². The lowest BCUT2D eigenvalue weighted by molar-refractivity contribution is 1.26. The molecule has 0 aliphatic carbocycles. The van der Waals surface area contributed by atoms with E-state index in [2.05, 4.69) is 522 Å². The van der Waals surface area contributed by atoms with Gasteiger partial charge in [-0.25, -0.2) is 0 Å². The molecule has 0 aliphatic heterocycles. The molecule has 18 rings (SSSR count). The summed E-state index contributed by atoms with van der Waals surface area (Å²) in [5.74, 6) is 0. The van der Waals surface area contributed by atoms with E-state index in [0.717, 1.165) is 158 Å². The topological polar surface area (TPSA) is 19.4 Å². The molecule has 0 atom stereocenters. The lowest BCUT2D eigenvalue weighted by Crippen LogP contribution is -2.10. The fourth-order valence-electron chi connectivity index (χ4n) is 16.8. The number of nitrogens with zero attached hydrogens (tertiary/aromatic N) is 6. The van der Waals surface area contributed by atoms with Crippen molar-refractivity contribution in [1.82, 2.24) is 0 Å². The highest BCUT2D eigenvalue weighted by atomic mass is 15.2. The van der Waals surface area contributed by atoms with Crippen LogP contribution in [0.2, 0.25) is 0 Å². The maximum absolute atomic E-state index is 2.36. The van der Waals surface area contributed by atoms with Crippen molar-refractivity contribution in [2.24, 2.45) is 0 Å². The number of hydrogen-bond donors (Lipinski definition) is 0. The van der Waals surface area contributed by atoms with Crippen molar-refractivity contribution in [2.45, 2.75) is 55.4 Å². The zero-order chi connectivity index (χ0) is 83.2. The van der Waals surface area contributed by atoms with Gasteiger partial charge in [-0.15, -0.1) is 0 Å². The van der Waals surface area contributed by atoms with Gasteiger partial charge in [-0.05, 0) is 374 Å². The highest BCUT2D eigenvalue weighted by Gasteiger charge is 2.22. The number of hydrogen-bond acceptors (Lipinski definition) is 6. The van der Waals surface area contributed by atoms with E-state index in [1.165, 1.54) is 44.5 Å². The Labute approximate surface area is 719 Å². The highest BCUT2D eigenvalue weighted by molar-refractivity contribution is 5.88. The Morgan fingerprint density at radius 2 is 0.189 bits per heavy atom. The first-order valence-electron chi connectivity index (χ1n) is 42.1. The minimum Gasteiger partial charge on any atom is -0.310 e. The minimum absolute atomic E-state index is 1.07. The summed E-state index contributed by atoms with van der Waals surface area (Å²) < 4.78 is 0. The first kappa shape index (κ1) is 78.0. The molecule has 0 amide bonds. The molecular formula is C116H96N6. The molecule has 0 saturated carbocycles. The van der Waals surface area contributed by atoms with Crippen LogP contribution in [0.3, 0.4) is 0 Å². The van der Waals surface area contributed by atoms with Gasteiger partial charge in [0.1, 0.15) is 0 Å². The summed E-state index contributed by atoms with van der Waals surface area (Å²) in [7, 11) is 0. The van der Waals surface area contributed by atoms with Crippen molar-refractivity contribution in [3.63, 3.8) is 0 Å². The zero-order valence-electron chi connectivity index (χ0n) is 70.3. The van der Waals surface area contributed by atoms with Gasteiger partial charge < -0.3 is 29.4 Å². The van der Waals surface area contributed by atoms with E-state index in [0.29, 0.717) is 0 Å². The van der Waals surface area contributed by atoms with Crippen molar-refractivity contribution in [3.05, 3.63) is 481 Å². The lowest BCUT2D eigenvalue weighted by Gasteiger charge is -2.27. The van der Waals surface area contributed by atoms with Gasteiger partial charge in [0.15, 0.2) is 0 Å². The molecule has 0 radical (unpaired) electrons. The Morgan fingerprint density at radius 3 is 0.279 bits per heavy atom. The molecular weight excluding hydrogens is 1480 g/mol. The molecule has 590 valence electrons. The summed E-state index contributed by atoms with van der Waals surface area (Å²) >= 11 is 0. The predicted molar refractivity (Wildman–Crippen MR) is 520 cm³/mol. The zero-order valence-corrected chi connectivity index (χ0v) is 70.3. The minimum atomic E-state index is 1.07. The molecule has 0 fully saturated rings. The van der Waals surface area contributed by atoms with Gasteiger partial charge in [0.2, 0.25) is 0 Å². The maximum Gasteiger partial charge on any atom is 0.0464 e. The standard InChI is InChI=1S/C116H96N6/c1-81-17-9-25-109(73-81)117(101-57-37-91(38-58-101)93-41-61-103(62-42-93)119(111-27-11-19-83(3)75-111)105-65-45-95(46-66-105)97-49-69-107(70-50-97)121(113-29-13-21-85(5)77-113)114-30-14-22-86(6)78-114)99-53-33-89(34-54-99)90-35-55-100(56-36-90)118(110-26-10-18-82(2)74-110)102-59-39-92(40-60-102)94-43-63-104(64-44-94)120(112-28-12-20-84(4)76-112)106-67-47-96(48-68-106)98-51-71-108(72-52-98)122(115-31-15-23-87(7)79-115)116-32-16-24-88(8)80-116/h9-80H,1-8H3. The molecule has 0 aliphatic rings. The maximum atomic E-state index is 2.36. The van der Waals surface area contributed by atoms with Gasteiger partial charge in [0.25, 0.3) is 0 Å². The van der Waals surface area contributed by atoms with Crippen LogP contribution in [-0.4, -0.2) is 0 Å². The van der Waals surface area contributed by atoms with Crippen molar-refractivity contribution >= 4 is 102 Å². The largest absolute Gasteiger partial charge is 0.310 e. The van der Waals surface area contributed by atoms with Crippen LogP contribution in [0.15, 0.2) is 437 Å². The van der Waals surface area contributed by atoms with Gasteiger partial charge >= 0.3 is 0 Å². The lowest BCUT2D eigenvalue weighted by atomic mass is 10.0. The number of anilines is 18. The van der Waals surface area contributed by atoms with E-state index < -0.39 is 0 Å². The Morgan fingerprint density at radius 1 is 0.0984 bits per heavy atom. The molecule has 0 bridgehead atoms. The Bertz CT molecular complexity index is 6180. The molecule has 0 aromatic heterocycles. The fourth-order valence-corrected chi connectivity index (χ4v) is 16.8. The van der Waals surface area contributed by atoms with Crippen LogP contribution in [0.1, 0.15) is 44.5 Å². The van der Waals surface area contributed by atoms with Gasteiger partial charge in [-0.2, -0.15) is 0 Å². The molecule has 0 N–H and O–H groups in total. The van der Waals surface area contributed by atoms with E-state index >= 15 is 0 Å². The average molecular weight is 1570 g/mol. The third-order valence-corrected chi connectivity index (χ3v) is 23.0.